The number of benzene rings is 1. The molecule has 1 aliphatic carbocycles. The molecule has 1 fully saturated rings. The summed E-state index contributed by atoms with van der Waals surface area (Å²) in [6, 6.07) is 3.80. The van der Waals surface area contributed by atoms with Gasteiger partial charge in [0.25, 0.3) is 0 Å². The highest BCUT2D eigenvalue weighted by Crippen LogP contribution is 2.48. The van der Waals surface area contributed by atoms with Gasteiger partial charge in [-0.05, 0) is 25.1 Å². The molecule has 1 aliphatic rings. The monoisotopic (exact) mass is 335 g/mol. The van der Waals surface area contributed by atoms with Crippen molar-refractivity contribution in [2.45, 2.75) is 45.8 Å². The average Bonchev–Trinajstić information content (AvgIpc) is 2.39. The molecule has 20 heavy (non-hydrogen) atoms. The van der Waals surface area contributed by atoms with Crippen LogP contribution in [0.15, 0.2) is 12.1 Å². The van der Waals surface area contributed by atoms with Crippen molar-refractivity contribution in [3.8, 4) is 5.75 Å². The van der Waals surface area contributed by atoms with Crippen LogP contribution in [-0.2, 0) is 0 Å². The lowest BCUT2D eigenvalue weighted by Gasteiger charge is -2.53. The van der Waals surface area contributed by atoms with Crippen LogP contribution < -0.4 is 10.1 Å². The second kappa shape index (κ2) is 6.31. The molecule has 2 rings (SSSR count). The fraction of sp³-hybridized carbons (Fsp3) is 0.600. The van der Waals surface area contributed by atoms with E-state index in [1.807, 2.05) is 0 Å². The van der Waals surface area contributed by atoms with E-state index in [1.54, 1.807) is 12.1 Å². The summed E-state index contributed by atoms with van der Waals surface area (Å²) in [7, 11) is 0. The van der Waals surface area contributed by atoms with Gasteiger partial charge < -0.3 is 10.1 Å². The van der Waals surface area contributed by atoms with Crippen LogP contribution in [0.4, 0.5) is 0 Å². The maximum Gasteiger partial charge on any atom is 0.157 e. The van der Waals surface area contributed by atoms with Crippen molar-refractivity contribution < 1.29 is 4.74 Å². The lowest BCUT2D eigenvalue weighted by atomic mass is 9.61. The summed E-state index contributed by atoms with van der Waals surface area (Å²) in [5, 5.41) is 4.96. The molecule has 1 saturated carbocycles. The van der Waals surface area contributed by atoms with Crippen molar-refractivity contribution in [1.82, 2.24) is 5.32 Å². The molecule has 3 atom stereocenters. The van der Waals surface area contributed by atoms with Crippen molar-refractivity contribution in [3.63, 3.8) is 0 Å². The van der Waals surface area contributed by atoms with Crippen molar-refractivity contribution in [2.75, 3.05) is 6.54 Å². The van der Waals surface area contributed by atoms with E-state index in [9.17, 15) is 0 Å². The Balaban J connectivity index is 2.16. The van der Waals surface area contributed by atoms with Crippen LogP contribution in [0.2, 0.25) is 15.1 Å². The smallest absolute Gasteiger partial charge is 0.157 e. The molecule has 0 aliphatic heterocycles. The Kier molecular flexibility index (Phi) is 5.12. The Hall–Kier alpha value is -0.150. The molecule has 2 nitrogen and oxygen atoms in total. The number of rotatable bonds is 5. The van der Waals surface area contributed by atoms with Crippen LogP contribution in [0.3, 0.4) is 0 Å². The molecule has 1 aromatic rings. The van der Waals surface area contributed by atoms with Gasteiger partial charge in [-0.2, -0.15) is 0 Å². The first-order valence-electron chi connectivity index (χ1n) is 6.97. The summed E-state index contributed by atoms with van der Waals surface area (Å²) >= 11 is 18.3. The largest absolute Gasteiger partial charge is 0.487 e. The Labute approximate surface area is 135 Å². The fourth-order valence-corrected chi connectivity index (χ4v) is 3.73. The van der Waals surface area contributed by atoms with Crippen LogP contribution in [0.25, 0.3) is 0 Å². The molecule has 1 aromatic carbocycles. The third kappa shape index (κ3) is 2.89. The van der Waals surface area contributed by atoms with Crippen molar-refractivity contribution in [3.05, 3.63) is 27.2 Å². The molecule has 1 N–H and O–H groups in total. The standard InChI is InChI=1S/C15H20Cl3NO/c1-4-15(3)12(19-5-2)8-13(15)20-14-10(17)6-9(16)7-11(14)18/h6-7,12-13,19H,4-5,8H2,1-3H3. The Morgan fingerprint density at radius 2 is 1.85 bits per heavy atom. The molecular formula is C15H20Cl3NO. The van der Waals surface area contributed by atoms with Gasteiger partial charge in [0, 0.05) is 22.9 Å². The normalized spacial score (nSPS) is 29.1. The summed E-state index contributed by atoms with van der Waals surface area (Å²) in [6.45, 7) is 7.52. The number of nitrogens with one attached hydrogen (secondary N) is 1. The first-order chi connectivity index (χ1) is 9.42. The third-order valence-corrected chi connectivity index (χ3v) is 5.20. The number of halogens is 3. The van der Waals surface area contributed by atoms with Gasteiger partial charge in [0.15, 0.2) is 5.75 Å². The summed E-state index contributed by atoms with van der Waals surface area (Å²) in [5.41, 5.74) is 0.0995. The van der Waals surface area contributed by atoms with Gasteiger partial charge in [0.1, 0.15) is 6.10 Å². The van der Waals surface area contributed by atoms with Crippen LogP contribution >= 0.6 is 34.8 Å². The van der Waals surface area contributed by atoms with Gasteiger partial charge >= 0.3 is 0 Å². The van der Waals surface area contributed by atoms with Crippen LogP contribution in [0.5, 0.6) is 5.75 Å². The minimum absolute atomic E-state index is 0.0995. The number of hydrogen-bond acceptors (Lipinski definition) is 2. The lowest BCUT2D eigenvalue weighted by molar-refractivity contribution is -0.0695. The van der Waals surface area contributed by atoms with Gasteiger partial charge in [-0.1, -0.05) is 55.6 Å². The minimum Gasteiger partial charge on any atom is -0.487 e. The van der Waals surface area contributed by atoms with Gasteiger partial charge in [-0.25, -0.2) is 0 Å². The Bertz CT molecular complexity index is 471. The Morgan fingerprint density at radius 1 is 1.25 bits per heavy atom. The SMILES string of the molecule is CCNC1CC(Oc2c(Cl)cc(Cl)cc2Cl)C1(C)CC. The highest BCUT2D eigenvalue weighted by molar-refractivity contribution is 6.40. The Morgan fingerprint density at radius 3 is 2.35 bits per heavy atom. The average molecular weight is 337 g/mol. The molecule has 0 amide bonds. The van der Waals surface area contributed by atoms with E-state index >= 15 is 0 Å². The molecule has 0 radical (unpaired) electrons. The number of ether oxygens (including phenoxy) is 1. The zero-order valence-electron chi connectivity index (χ0n) is 12.0. The van der Waals surface area contributed by atoms with E-state index in [-0.39, 0.29) is 11.5 Å². The van der Waals surface area contributed by atoms with Crippen LogP contribution in [0, 0.1) is 5.41 Å². The first-order valence-corrected chi connectivity index (χ1v) is 8.10. The molecule has 3 unspecified atom stereocenters. The van der Waals surface area contributed by atoms with E-state index in [4.69, 9.17) is 39.5 Å². The highest BCUT2D eigenvalue weighted by Gasteiger charge is 2.52. The zero-order chi connectivity index (χ0) is 14.9. The quantitative estimate of drug-likeness (QED) is 0.798. The van der Waals surface area contributed by atoms with Crippen molar-refractivity contribution in [2.24, 2.45) is 5.41 Å². The second-order valence-corrected chi connectivity index (χ2v) is 6.76. The van der Waals surface area contributed by atoms with Gasteiger partial charge in [0.2, 0.25) is 0 Å². The summed E-state index contributed by atoms with van der Waals surface area (Å²) in [5.74, 6) is 0.539. The predicted octanol–water partition coefficient (Wildman–Crippen LogP) is 5.19. The second-order valence-electron chi connectivity index (χ2n) is 5.51. The number of hydrogen-bond donors (Lipinski definition) is 1. The highest BCUT2D eigenvalue weighted by atomic mass is 35.5. The molecule has 0 saturated heterocycles. The molecular weight excluding hydrogens is 317 g/mol. The summed E-state index contributed by atoms with van der Waals surface area (Å²) in [6.07, 6.45) is 2.12. The molecule has 112 valence electrons. The van der Waals surface area contributed by atoms with Gasteiger partial charge in [-0.3, -0.25) is 0 Å². The molecule has 0 heterocycles. The van der Waals surface area contributed by atoms with Crippen LogP contribution in [0.1, 0.15) is 33.6 Å². The van der Waals surface area contributed by atoms with Crippen LogP contribution in [-0.4, -0.2) is 18.7 Å². The lowest BCUT2D eigenvalue weighted by Crippen LogP contribution is -2.63. The van der Waals surface area contributed by atoms with E-state index < -0.39 is 0 Å². The molecule has 5 heteroatoms. The minimum atomic E-state index is 0.0995. The van der Waals surface area contributed by atoms with E-state index in [0.717, 1.165) is 19.4 Å². The molecule has 0 bridgehead atoms. The first kappa shape index (κ1) is 16.2. The topological polar surface area (TPSA) is 21.3 Å². The van der Waals surface area contributed by atoms with E-state index in [1.165, 1.54) is 0 Å². The molecule has 0 aromatic heterocycles. The van der Waals surface area contributed by atoms with Gasteiger partial charge in [-0.15, -0.1) is 0 Å². The summed E-state index contributed by atoms with van der Waals surface area (Å²) < 4.78 is 6.09. The fourth-order valence-electron chi connectivity index (χ4n) is 2.82. The zero-order valence-corrected chi connectivity index (χ0v) is 14.2. The third-order valence-electron chi connectivity index (χ3n) is 4.42. The predicted molar refractivity (Wildman–Crippen MR) is 86.4 cm³/mol. The maximum absolute atomic E-state index is 6.18. The molecule has 0 spiro atoms. The van der Waals surface area contributed by atoms with Crippen molar-refractivity contribution >= 4 is 34.8 Å². The van der Waals surface area contributed by atoms with Gasteiger partial charge in [0.05, 0.1) is 10.0 Å². The maximum atomic E-state index is 6.18. The van der Waals surface area contributed by atoms with E-state index in [0.29, 0.717) is 26.9 Å². The van der Waals surface area contributed by atoms with Crippen molar-refractivity contribution in [1.29, 1.82) is 0 Å². The summed E-state index contributed by atoms with van der Waals surface area (Å²) in [4.78, 5) is 0. The van der Waals surface area contributed by atoms with E-state index in [2.05, 4.69) is 26.1 Å².